The summed E-state index contributed by atoms with van der Waals surface area (Å²) in [5.41, 5.74) is 3.47. The van der Waals surface area contributed by atoms with Crippen molar-refractivity contribution >= 4 is 5.78 Å². The first kappa shape index (κ1) is 15.5. The number of rotatable bonds is 5. The number of nitrogens with zero attached hydrogens (tertiary/aromatic N) is 1. The van der Waals surface area contributed by atoms with Gasteiger partial charge in [0.25, 0.3) is 0 Å². The average molecular weight is 301 g/mol. The van der Waals surface area contributed by atoms with Crippen molar-refractivity contribution in [2.45, 2.75) is 57.9 Å². The molecule has 3 heteroatoms. The van der Waals surface area contributed by atoms with Gasteiger partial charge in [-0.15, -0.1) is 0 Å². The predicted molar refractivity (Wildman–Crippen MR) is 88.9 cm³/mol. The largest absolute Gasteiger partial charge is 0.496 e. The first-order chi connectivity index (χ1) is 10.7. The highest BCUT2D eigenvalue weighted by Gasteiger charge is 2.25. The van der Waals surface area contributed by atoms with E-state index >= 15 is 0 Å². The highest BCUT2D eigenvalue weighted by molar-refractivity contribution is 5.98. The molecule has 1 atom stereocenters. The van der Waals surface area contributed by atoms with E-state index in [2.05, 4.69) is 11.8 Å². The van der Waals surface area contributed by atoms with Crippen LogP contribution in [-0.4, -0.2) is 36.9 Å². The molecule has 1 aromatic carbocycles. The van der Waals surface area contributed by atoms with Crippen LogP contribution in [-0.2, 0) is 12.8 Å². The minimum Gasteiger partial charge on any atom is -0.496 e. The molecule has 0 saturated carbocycles. The molecule has 0 N–H and O–H groups in total. The van der Waals surface area contributed by atoms with Crippen molar-refractivity contribution in [3.63, 3.8) is 0 Å². The molecule has 3 rings (SSSR count). The van der Waals surface area contributed by atoms with Crippen LogP contribution in [0.5, 0.6) is 5.75 Å². The maximum absolute atomic E-state index is 12.8. The molecule has 0 spiro atoms. The minimum atomic E-state index is 0.306. The number of methoxy groups -OCH3 is 1. The van der Waals surface area contributed by atoms with Gasteiger partial charge in [0.1, 0.15) is 5.75 Å². The van der Waals surface area contributed by atoms with E-state index in [1.54, 1.807) is 7.11 Å². The summed E-state index contributed by atoms with van der Waals surface area (Å²) >= 11 is 0. The number of hydrogen-bond donors (Lipinski definition) is 0. The second-order valence-electron chi connectivity index (χ2n) is 6.70. The highest BCUT2D eigenvalue weighted by atomic mass is 16.5. The summed E-state index contributed by atoms with van der Waals surface area (Å²) in [4.78, 5) is 15.3. The second-order valence-corrected chi connectivity index (χ2v) is 6.70. The molecule has 1 unspecified atom stereocenters. The molecule has 1 saturated heterocycles. The van der Waals surface area contributed by atoms with Crippen LogP contribution >= 0.6 is 0 Å². The van der Waals surface area contributed by atoms with Crippen LogP contribution in [0.2, 0.25) is 0 Å². The number of benzene rings is 1. The van der Waals surface area contributed by atoms with Crippen LogP contribution in [0.1, 0.15) is 60.5 Å². The number of likely N-dealkylation sites (tertiary alicyclic amines) is 1. The normalized spacial score (nSPS) is 19.7. The number of carbonyl (C=O) groups excluding carboxylic acids is 1. The summed E-state index contributed by atoms with van der Waals surface area (Å²) < 4.78 is 5.49. The monoisotopic (exact) mass is 301 g/mol. The van der Waals surface area contributed by atoms with Gasteiger partial charge in [-0.25, -0.2) is 0 Å². The summed E-state index contributed by atoms with van der Waals surface area (Å²) in [6, 6.07) is 4.33. The smallest absolute Gasteiger partial charge is 0.164 e. The maximum atomic E-state index is 12.8. The zero-order valence-electron chi connectivity index (χ0n) is 13.9. The lowest BCUT2D eigenvalue weighted by Crippen LogP contribution is -2.32. The van der Waals surface area contributed by atoms with Gasteiger partial charge in [-0.1, -0.05) is 0 Å². The lowest BCUT2D eigenvalue weighted by Gasteiger charge is -2.25. The van der Waals surface area contributed by atoms with Gasteiger partial charge in [0.2, 0.25) is 0 Å². The Labute approximate surface area is 133 Å². The van der Waals surface area contributed by atoms with E-state index in [9.17, 15) is 4.79 Å². The van der Waals surface area contributed by atoms with E-state index in [1.165, 1.54) is 36.8 Å². The molecule has 3 nitrogen and oxygen atoms in total. The topological polar surface area (TPSA) is 29.5 Å². The Morgan fingerprint density at radius 3 is 2.50 bits per heavy atom. The Morgan fingerprint density at radius 2 is 1.82 bits per heavy atom. The van der Waals surface area contributed by atoms with Crippen molar-refractivity contribution in [2.75, 3.05) is 20.2 Å². The van der Waals surface area contributed by atoms with E-state index in [0.29, 0.717) is 18.2 Å². The Balaban J connectivity index is 1.80. The second kappa shape index (κ2) is 6.82. The summed E-state index contributed by atoms with van der Waals surface area (Å²) in [7, 11) is 1.72. The standard InChI is InChI=1S/C19H27NO2/c1-14(20-11-5-6-12-20)13-18(21)16-9-10-19(22-2)17-8-4-3-7-15(16)17/h9-10,14H,3-8,11-13H2,1-2H3. The number of ether oxygens (including phenoxy) is 1. The van der Waals surface area contributed by atoms with Crippen molar-refractivity contribution in [3.8, 4) is 5.75 Å². The molecular formula is C19H27NO2. The van der Waals surface area contributed by atoms with Crippen LogP contribution in [0.3, 0.4) is 0 Å². The number of ketones is 1. The molecule has 1 aliphatic carbocycles. The Morgan fingerprint density at radius 1 is 1.14 bits per heavy atom. The van der Waals surface area contributed by atoms with Gasteiger partial charge < -0.3 is 9.64 Å². The van der Waals surface area contributed by atoms with Crippen molar-refractivity contribution in [1.29, 1.82) is 0 Å². The molecule has 0 radical (unpaired) electrons. The summed E-state index contributed by atoms with van der Waals surface area (Å²) in [6.07, 6.45) is 7.63. The van der Waals surface area contributed by atoms with E-state index in [-0.39, 0.29) is 0 Å². The third-order valence-electron chi connectivity index (χ3n) is 5.26. The fraction of sp³-hybridized carbons (Fsp3) is 0.632. The molecule has 1 heterocycles. The number of hydrogen-bond acceptors (Lipinski definition) is 3. The van der Waals surface area contributed by atoms with E-state index in [1.807, 2.05) is 12.1 Å². The van der Waals surface area contributed by atoms with Gasteiger partial charge in [-0.2, -0.15) is 0 Å². The Bertz CT molecular complexity index is 547. The van der Waals surface area contributed by atoms with Crippen LogP contribution in [0.4, 0.5) is 0 Å². The first-order valence-electron chi connectivity index (χ1n) is 8.66. The SMILES string of the molecule is COc1ccc(C(=O)CC(C)N2CCCC2)c2c1CCCC2. The zero-order valence-corrected chi connectivity index (χ0v) is 13.9. The van der Waals surface area contributed by atoms with Crippen molar-refractivity contribution < 1.29 is 9.53 Å². The van der Waals surface area contributed by atoms with Gasteiger partial charge in [0.05, 0.1) is 7.11 Å². The molecule has 22 heavy (non-hydrogen) atoms. The number of Topliss-reactive ketones (excluding diaryl/α,β-unsaturated/α-hetero) is 1. The maximum Gasteiger partial charge on any atom is 0.164 e. The van der Waals surface area contributed by atoms with E-state index in [4.69, 9.17) is 4.74 Å². The summed E-state index contributed by atoms with van der Waals surface area (Å²) in [6.45, 7) is 4.49. The fourth-order valence-electron chi connectivity index (χ4n) is 3.98. The van der Waals surface area contributed by atoms with Gasteiger partial charge in [-0.3, -0.25) is 4.79 Å². The van der Waals surface area contributed by atoms with Gasteiger partial charge in [0.15, 0.2) is 5.78 Å². The number of carbonyl (C=O) groups is 1. The molecule has 120 valence electrons. The summed E-state index contributed by atoms with van der Waals surface area (Å²) in [5.74, 6) is 1.26. The summed E-state index contributed by atoms with van der Waals surface area (Å²) in [5, 5.41) is 0. The Hall–Kier alpha value is -1.35. The van der Waals surface area contributed by atoms with Gasteiger partial charge in [0, 0.05) is 18.0 Å². The van der Waals surface area contributed by atoms with Crippen LogP contribution in [0, 0.1) is 0 Å². The minimum absolute atomic E-state index is 0.306. The number of fused-ring (bicyclic) bond motifs is 1. The van der Waals surface area contributed by atoms with E-state index < -0.39 is 0 Å². The zero-order chi connectivity index (χ0) is 15.5. The van der Waals surface area contributed by atoms with Crippen LogP contribution < -0.4 is 4.74 Å². The van der Waals surface area contributed by atoms with Crippen molar-refractivity contribution in [3.05, 3.63) is 28.8 Å². The molecular weight excluding hydrogens is 274 g/mol. The van der Waals surface area contributed by atoms with Crippen LogP contribution in [0.25, 0.3) is 0 Å². The average Bonchev–Trinajstić information content (AvgIpc) is 3.08. The molecule has 1 fully saturated rings. The quantitative estimate of drug-likeness (QED) is 0.778. The van der Waals surface area contributed by atoms with Crippen molar-refractivity contribution in [2.24, 2.45) is 0 Å². The highest BCUT2D eigenvalue weighted by Crippen LogP contribution is 2.33. The predicted octanol–water partition coefficient (Wildman–Crippen LogP) is 3.63. The Kier molecular flexibility index (Phi) is 4.82. The van der Waals surface area contributed by atoms with E-state index in [0.717, 1.165) is 37.2 Å². The molecule has 1 aromatic rings. The third kappa shape index (κ3) is 3.05. The molecule has 2 aliphatic rings. The fourth-order valence-corrected chi connectivity index (χ4v) is 3.98. The molecule has 1 aliphatic heterocycles. The van der Waals surface area contributed by atoms with Crippen LogP contribution in [0.15, 0.2) is 12.1 Å². The van der Waals surface area contributed by atoms with Crippen molar-refractivity contribution in [1.82, 2.24) is 4.90 Å². The van der Waals surface area contributed by atoms with Gasteiger partial charge >= 0.3 is 0 Å². The molecule has 0 amide bonds. The molecule has 0 bridgehead atoms. The third-order valence-corrected chi connectivity index (χ3v) is 5.26. The lowest BCUT2D eigenvalue weighted by atomic mass is 9.85. The van der Waals surface area contributed by atoms with Gasteiger partial charge in [-0.05, 0) is 81.8 Å². The molecule has 0 aromatic heterocycles. The lowest BCUT2D eigenvalue weighted by molar-refractivity contribution is 0.0940. The first-order valence-corrected chi connectivity index (χ1v) is 8.66.